The molecule has 1 aromatic rings. The molecule has 0 atom stereocenters. The summed E-state index contributed by atoms with van der Waals surface area (Å²) >= 11 is 0. The number of likely N-dealkylation sites (tertiary alicyclic amines) is 1. The number of piperidine rings is 1. The Kier molecular flexibility index (Phi) is 7.97. The normalized spacial score (nSPS) is 21.6. The van der Waals surface area contributed by atoms with Gasteiger partial charge in [0, 0.05) is 32.2 Å². The Balaban J connectivity index is 1.91. The van der Waals surface area contributed by atoms with Crippen molar-refractivity contribution in [1.29, 1.82) is 5.26 Å². The number of ether oxygens (including phenoxy) is 1. The van der Waals surface area contributed by atoms with E-state index < -0.39 is 0 Å². The number of nitrogens with zero attached hydrogens (tertiary/aromatic N) is 3. The van der Waals surface area contributed by atoms with Gasteiger partial charge in [-0.25, -0.2) is 0 Å². The van der Waals surface area contributed by atoms with Crippen LogP contribution in [0.1, 0.15) is 57.9 Å². The number of hydrogen-bond donors (Lipinski definition) is 1. The van der Waals surface area contributed by atoms with Crippen LogP contribution in [0.2, 0.25) is 0 Å². The molecule has 0 spiro atoms. The third kappa shape index (κ3) is 5.01. The minimum Gasteiger partial charge on any atom is -0.381 e. The Morgan fingerprint density at radius 3 is 2.46 bits per heavy atom. The molecule has 0 unspecified atom stereocenters. The zero-order chi connectivity index (χ0) is 24.9. The molecule has 0 radical (unpaired) electrons. The number of anilines is 1. The number of carbonyl (C=O) groups is 1. The average molecular weight is 475 g/mol. The van der Waals surface area contributed by atoms with Gasteiger partial charge in [-0.15, -0.1) is 0 Å². The van der Waals surface area contributed by atoms with Crippen LogP contribution in [0.3, 0.4) is 0 Å². The summed E-state index contributed by atoms with van der Waals surface area (Å²) in [7, 11) is 0. The SMILES string of the molecule is CCC/C=C1\C(C#N)=C(C2CCOCC2)C(C)=C(N2CCC(C(N)=O)CC2)N1c1ccccc1C. The number of unbranched alkanes of at least 4 members (excludes halogenated alkanes) is 1. The summed E-state index contributed by atoms with van der Waals surface area (Å²) in [5, 5.41) is 10.5. The van der Waals surface area contributed by atoms with Crippen LogP contribution in [0.25, 0.3) is 0 Å². The van der Waals surface area contributed by atoms with E-state index in [1.165, 1.54) is 16.7 Å². The van der Waals surface area contributed by atoms with E-state index in [0.29, 0.717) is 5.92 Å². The van der Waals surface area contributed by atoms with Crippen LogP contribution in [0, 0.1) is 30.1 Å². The van der Waals surface area contributed by atoms with Gasteiger partial charge >= 0.3 is 0 Å². The van der Waals surface area contributed by atoms with E-state index in [0.717, 1.165) is 87.6 Å². The molecule has 3 heterocycles. The van der Waals surface area contributed by atoms with Crippen molar-refractivity contribution in [3.05, 3.63) is 64.1 Å². The maximum atomic E-state index is 11.9. The van der Waals surface area contributed by atoms with E-state index in [1.807, 2.05) is 0 Å². The van der Waals surface area contributed by atoms with Gasteiger partial charge in [0.05, 0.1) is 17.0 Å². The molecule has 0 bridgehead atoms. The van der Waals surface area contributed by atoms with Crippen LogP contribution < -0.4 is 10.6 Å². The fraction of sp³-hybridized carbons (Fsp3) is 0.517. The summed E-state index contributed by atoms with van der Waals surface area (Å²) in [6, 6.07) is 11.0. The first-order valence-electron chi connectivity index (χ1n) is 13.0. The Hall–Kier alpha value is -3.04. The number of para-hydroxylation sites is 1. The smallest absolute Gasteiger partial charge is 0.220 e. The number of primary amides is 1. The molecule has 2 N–H and O–H groups in total. The van der Waals surface area contributed by atoms with Gasteiger partial charge in [0.15, 0.2) is 0 Å². The van der Waals surface area contributed by atoms with Crippen LogP contribution in [0.5, 0.6) is 0 Å². The standard InChI is InChI=1S/C29H38N4O2/c1-4-5-9-26-24(19-30)27(22-13-17-35-18-14-22)21(3)29(32-15-11-23(12-16-32)28(31)34)33(26)25-10-7-6-8-20(25)2/h6-10,22-23H,4-5,11-18H2,1-3H3,(H2,31,34)/b26-9+. The number of amides is 1. The molecular formula is C29H38N4O2. The second-order valence-electron chi connectivity index (χ2n) is 9.90. The molecule has 1 amide bonds. The van der Waals surface area contributed by atoms with Crippen LogP contribution in [0.15, 0.2) is 58.6 Å². The summed E-state index contributed by atoms with van der Waals surface area (Å²) in [4.78, 5) is 16.6. The summed E-state index contributed by atoms with van der Waals surface area (Å²) in [6.07, 6.45) is 7.53. The molecule has 3 aliphatic rings. The lowest BCUT2D eigenvalue weighted by atomic mass is 9.80. The van der Waals surface area contributed by atoms with Crippen molar-refractivity contribution < 1.29 is 9.53 Å². The average Bonchev–Trinajstić information content (AvgIpc) is 2.88. The first kappa shape index (κ1) is 25.1. The van der Waals surface area contributed by atoms with Gasteiger partial charge in [-0.1, -0.05) is 37.6 Å². The molecule has 35 heavy (non-hydrogen) atoms. The molecule has 0 saturated carbocycles. The van der Waals surface area contributed by atoms with Crippen LogP contribution >= 0.6 is 0 Å². The van der Waals surface area contributed by atoms with Gasteiger partial charge in [0.25, 0.3) is 0 Å². The van der Waals surface area contributed by atoms with Crippen LogP contribution in [-0.4, -0.2) is 37.1 Å². The maximum Gasteiger partial charge on any atom is 0.220 e. The molecule has 2 fully saturated rings. The predicted octanol–water partition coefficient (Wildman–Crippen LogP) is 5.17. The molecule has 6 nitrogen and oxygen atoms in total. The lowest BCUT2D eigenvalue weighted by molar-refractivity contribution is -0.123. The third-order valence-electron chi connectivity index (χ3n) is 7.64. The highest BCUT2D eigenvalue weighted by Crippen LogP contribution is 2.45. The largest absolute Gasteiger partial charge is 0.381 e. The highest BCUT2D eigenvalue weighted by molar-refractivity contribution is 5.77. The predicted molar refractivity (Wildman–Crippen MR) is 139 cm³/mol. The molecule has 186 valence electrons. The lowest BCUT2D eigenvalue weighted by Crippen LogP contribution is -2.45. The molecule has 2 saturated heterocycles. The quantitative estimate of drug-likeness (QED) is 0.615. The number of rotatable bonds is 6. The zero-order valence-corrected chi connectivity index (χ0v) is 21.3. The van der Waals surface area contributed by atoms with Crippen LogP contribution in [0.4, 0.5) is 5.69 Å². The maximum absolute atomic E-state index is 11.9. The summed E-state index contributed by atoms with van der Waals surface area (Å²) in [5.41, 5.74) is 12.0. The van der Waals surface area contributed by atoms with Crippen molar-refractivity contribution in [1.82, 2.24) is 4.90 Å². The minimum absolute atomic E-state index is 0.0714. The number of nitriles is 1. The Morgan fingerprint density at radius 1 is 1.17 bits per heavy atom. The van der Waals surface area contributed by atoms with Gasteiger partial charge in [-0.2, -0.15) is 5.26 Å². The summed E-state index contributed by atoms with van der Waals surface area (Å²) in [6.45, 7) is 9.48. The molecule has 0 aromatic heterocycles. The number of allylic oxidation sites excluding steroid dienone is 4. The number of nitrogens with two attached hydrogens (primary N) is 1. The van der Waals surface area contributed by atoms with Gasteiger partial charge < -0.3 is 15.4 Å². The topological polar surface area (TPSA) is 82.6 Å². The second kappa shape index (κ2) is 11.1. The van der Waals surface area contributed by atoms with Gasteiger partial charge in [0.2, 0.25) is 5.91 Å². The van der Waals surface area contributed by atoms with Gasteiger partial charge in [0.1, 0.15) is 11.9 Å². The Labute approximate surface area is 209 Å². The first-order valence-corrected chi connectivity index (χ1v) is 13.0. The monoisotopic (exact) mass is 474 g/mol. The summed E-state index contributed by atoms with van der Waals surface area (Å²) < 4.78 is 5.67. The number of carbonyl (C=O) groups excluding carboxylic acids is 1. The van der Waals surface area contributed by atoms with Gasteiger partial charge in [-0.3, -0.25) is 9.69 Å². The molecule has 3 aliphatic heterocycles. The highest BCUT2D eigenvalue weighted by atomic mass is 16.5. The fourth-order valence-corrected chi connectivity index (χ4v) is 5.74. The summed E-state index contributed by atoms with van der Waals surface area (Å²) in [5.74, 6) is 1.18. The Bertz CT molecular complexity index is 1080. The number of aryl methyl sites for hydroxylation is 1. The van der Waals surface area contributed by atoms with Crippen LogP contribution in [-0.2, 0) is 9.53 Å². The third-order valence-corrected chi connectivity index (χ3v) is 7.64. The second-order valence-corrected chi connectivity index (χ2v) is 9.90. The Morgan fingerprint density at radius 2 is 1.86 bits per heavy atom. The van der Waals surface area contributed by atoms with Crippen molar-refractivity contribution in [3.63, 3.8) is 0 Å². The first-order chi connectivity index (χ1) is 17.0. The van der Waals surface area contributed by atoms with Crippen molar-refractivity contribution in [2.75, 3.05) is 31.2 Å². The van der Waals surface area contributed by atoms with E-state index >= 15 is 0 Å². The lowest BCUT2D eigenvalue weighted by Gasteiger charge is -2.45. The van der Waals surface area contributed by atoms with Crippen molar-refractivity contribution in [2.45, 2.75) is 59.3 Å². The number of benzene rings is 1. The zero-order valence-electron chi connectivity index (χ0n) is 21.3. The van der Waals surface area contributed by atoms with E-state index in [4.69, 9.17) is 10.5 Å². The van der Waals surface area contributed by atoms with E-state index in [9.17, 15) is 10.1 Å². The molecule has 0 aliphatic carbocycles. The molecular weight excluding hydrogens is 436 g/mol. The van der Waals surface area contributed by atoms with Gasteiger partial charge in [-0.05, 0) is 74.6 Å². The molecule has 6 heteroatoms. The van der Waals surface area contributed by atoms with E-state index in [2.05, 4.69) is 67.0 Å². The molecule has 4 rings (SSSR count). The fourth-order valence-electron chi connectivity index (χ4n) is 5.74. The van der Waals surface area contributed by atoms with E-state index in [-0.39, 0.29) is 11.8 Å². The molecule has 1 aromatic carbocycles. The van der Waals surface area contributed by atoms with Crippen molar-refractivity contribution in [2.24, 2.45) is 17.6 Å². The minimum atomic E-state index is -0.201. The highest BCUT2D eigenvalue weighted by Gasteiger charge is 2.38. The van der Waals surface area contributed by atoms with Crippen molar-refractivity contribution >= 4 is 11.6 Å². The van der Waals surface area contributed by atoms with Crippen molar-refractivity contribution in [3.8, 4) is 6.07 Å². The number of hydrogen-bond acceptors (Lipinski definition) is 5. The van der Waals surface area contributed by atoms with E-state index in [1.54, 1.807) is 0 Å².